The average Bonchev–Trinajstić information content (AvgIpc) is 2.44. The Labute approximate surface area is 107 Å². The maximum atomic E-state index is 5.75. The summed E-state index contributed by atoms with van der Waals surface area (Å²) in [5, 5.41) is 0. The standard InChI is InChI=1S/C14H18N2O2/c15-5-1-2-13-8-14(10-16-9-13)18-11-12-3-6-17-7-4-12/h8-10,12H,3-7,11,15H2. The molecular formula is C14H18N2O2. The van der Waals surface area contributed by atoms with E-state index in [9.17, 15) is 0 Å². The summed E-state index contributed by atoms with van der Waals surface area (Å²) in [6.45, 7) is 2.76. The predicted molar refractivity (Wildman–Crippen MR) is 69.2 cm³/mol. The van der Waals surface area contributed by atoms with Gasteiger partial charge in [0.25, 0.3) is 0 Å². The molecule has 0 unspecified atom stereocenters. The van der Waals surface area contributed by atoms with E-state index >= 15 is 0 Å². The molecule has 1 saturated heterocycles. The van der Waals surface area contributed by atoms with Crippen LogP contribution in [0.2, 0.25) is 0 Å². The molecule has 18 heavy (non-hydrogen) atoms. The highest BCUT2D eigenvalue weighted by molar-refractivity contribution is 5.36. The lowest BCUT2D eigenvalue weighted by Crippen LogP contribution is -2.21. The maximum absolute atomic E-state index is 5.75. The van der Waals surface area contributed by atoms with Crippen molar-refractivity contribution in [2.24, 2.45) is 11.7 Å². The largest absolute Gasteiger partial charge is 0.492 e. The molecule has 0 atom stereocenters. The molecule has 0 spiro atoms. The van der Waals surface area contributed by atoms with Gasteiger partial charge in [-0.15, -0.1) is 0 Å². The van der Waals surface area contributed by atoms with Gasteiger partial charge in [0.05, 0.1) is 19.3 Å². The highest BCUT2D eigenvalue weighted by Gasteiger charge is 2.14. The third-order valence-corrected chi connectivity index (χ3v) is 2.87. The van der Waals surface area contributed by atoms with Gasteiger partial charge in [0, 0.05) is 25.0 Å². The molecule has 2 heterocycles. The maximum Gasteiger partial charge on any atom is 0.138 e. The van der Waals surface area contributed by atoms with E-state index in [4.69, 9.17) is 15.2 Å². The molecule has 4 nitrogen and oxygen atoms in total. The number of pyridine rings is 1. The summed E-state index contributed by atoms with van der Waals surface area (Å²) in [7, 11) is 0. The van der Waals surface area contributed by atoms with Crippen LogP contribution in [0.1, 0.15) is 18.4 Å². The van der Waals surface area contributed by atoms with E-state index in [1.165, 1.54) is 0 Å². The van der Waals surface area contributed by atoms with Crippen molar-refractivity contribution in [3.8, 4) is 17.6 Å². The van der Waals surface area contributed by atoms with Crippen molar-refractivity contribution in [1.82, 2.24) is 4.98 Å². The molecule has 96 valence electrons. The number of nitrogens with zero attached hydrogens (tertiary/aromatic N) is 1. The van der Waals surface area contributed by atoms with Crippen LogP contribution in [0.25, 0.3) is 0 Å². The van der Waals surface area contributed by atoms with Crippen LogP contribution in [0.4, 0.5) is 0 Å². The molecular weight excluding hydrogens is 228 g/mol. The number of ether oxygens (including phenoxy) is 2. The summed E-state index contributed by atoms with van der Waals surface area (Å²) in [6.07, 6.45) is 5.57. The fourth-order valence-electron chi connectivity index (χ4n) is 1.85. The van der Waals surface area contributed by atoms with Gasteiger partial charge in [-0.1, -0.05) is 11.8 Å². The Kier molecular flexibility index (Phi) is 5.00. The molecule has 2 N–H and O–H groups in total. The molecule has 1 fully saturated rings. The molecule has 1 aliphatic rings. The Morgan fingerprint density at radius 3 is 3.00 bits per heavy atom. The van der Waals surface area contributed by atoms with E-state index in [-0.39, 0.29) is 0 Å². The molecule has 0 radical (unpaired) electrons. The highest BCUT2D eigenvalue weighted by atomic mass is 16.5. The van der Waals surface area contributed by atoms with Crippen molar-refractivity contribution in [3.63, 3.8) is 0 Å². The number of hydrogen-bond acceptors (Lipinski definition) is 4. The summed E-state index contributed by atoms with van der Waals surface area (Å²) in [6, 6.07) is 1.90. The average molecular weight is 246 g/mol. The van der Waals surface area contributed by atoms with Gasteiger partial charge in [-0.25, -0.2) is 0 Å². The second kappa shape index (κ2) is 7.00. The van der Waals surface area contributed by atoms with Gasteiger partial charge < -0.3 is 15.2 Å². The predicted octanol–water partition coefficient (Wildman–Crippen LogP) is 1.20. The monoisotopic (exact) mass is 246 g/mol. The van der Waals surface area contributed by atoms with Crippen LogP contribution in [0.15, 0.2) is 18.5 Å². The van der Waals surface area contributed by atoms with Gasteiger partial charge in [0.2, 0.25) is 0 Å². The van der Waals surface area contributed by atoms with E-state index in [0.717, 1.165) is 44.0 Å². The van der Waals surface area contributed by atoms with E-state index in [0.29, 0.717) is 12.5 Å². The van der Waals surface area contributed by atoms with Crippen molar-refractivity contribution in [2.45, 2.75) is 12.8 Å². The zero-order valence-electron chi connectivity index (χ0n) is 10.4. The van der Waals surface area contributed by atoms with Gasteiger partial charge in [0.15, 0.2) is 0 Å². The van der Waals surface area contributed by atoms with Gasteiger partial charge in [0.1, 0.15) is 5.75 Å². The second-order valence-electron chi connectivity index (χ2n) is 4.28. The quantitative estimate of drug-likeness (QED) is 0.814. The molecule has 0 amide bonds. The first-order valence-corrected chi connectivity index (χ1v) is 6.23. The van der Waals surface area contributed by atoms with Gasteiger partial charge in [-0.05, 0) is 24.8 Å². The summed E-state index contributed by atoms with van der Waals surface area (Å²) in [5.74, 6) is 7.10. The van der Waals surface area contributed by atoms with Crippen LogP contribution in [0, 0.1) is 17.8 Å². The second-order valence-corrected chi connectivity index (χ2v) is 4.28. The lowest BCUT2D eigenvalue weighted by Gasteiger charge is -2.21. The normalized spacial score (nSPS) is 15.8. The Morgan fingerprint density at radius 1 is 1.39 bits per heavy atom. The van der Waals surface area contributed by atoms with Crippen molar-refractivity contribution >= 4 is 0 Å². The third-order valence-electron chi connectivity index (χ3n) is 2.87. The molecule has 1 aliphatic heterocycles. The van der Waals surface area contributed by atoms with Gasteiger partial charge >= 0.3 is 0 Å². The number of nitrogens with two attached hydrogens (primary N) is 1. The third kappa shape index (κ3) is 4.02. The summed E-state index contributed by atoms with van der Waals surface area (Å²) in [4.78, 5) is 4.11. The van der Waals surface area contributed by atoms with Crippen LogP contribution in [-0.4, -0.2) is 31.3 Å². The van der Waals surface area contributed by atoms with Crippen molar-refractivity contribution in [2.75, 3.05) is 26.4 Å². The molecule has 2 rings (SSSR count). The van der Waals surface area contributed by atoms with Gasteiger partial charge in [-0.2, -0.15) is 0 Å². The van der Waals surface area contributed by atoms with E-state index < -0.39 is 0 Å². The van der Waals surface area contributed by atoms with E-state index in [2.05, 4.69) is 16.8 Å². The first-order chi connectivity index (χ1) is 8.88. The molecule has 0 aromatic carbocycles. The Hall–Kier alpha value is -1.57. The molecule has 0 saturated carbocycles. The van der Waals surface area contributed by atoms with Crippen molar-refractivity contribution in [3.05, 3.63) is 24.0 Å². The minimum Gasteiger partial charge on any atom is -0.492 e. The van der Waals surface area contributed by atoms with Crippen LogP contribution in [-0.2, 0) is 4.74 Å². The zero-order valence-corrected chi connectivity index (χ0v) is 10.4. The molecule has 1 aromatic heterocycles. The lowest BCUT2D eigenvalue weighted by atomic mass is 10.0. The number of rotatable bonds is 3. The number of aromatic nitrogens is 1. The Morgan fingerprint density at radius 2 is 2.22 bits per heavy atom. The zero-order chi connectivity index (χ0) is 12.6. The van der Waals surface area contributed by atoms with Crippen LogP contribution in [0.3, 0.4) is 0 Å². The molecule has 4 heteroatoms. The van der Waals surface area contributed by atoms with Crippen LogP contribution < -0.4 is 10.5 Å². The summed E-state index contributed by atoms with van der Waals surface area (Å²) in [5.41, 5.74) is 6.17. The molecule has 1 aromatic rings. The molecule has 0 aliphatic carbocycles. The highest BCUT2D eigenvalue weighted by Crippen LogP contribution is 2.17. The lowest BCUT2D eigenvalue weighted by molar-refractivity contribution is 0.0497. The fourth-order valence-corrected chi connectivity index (χ4v) is 1.85. The smallest absolute Gasteiger partial charge is 0.138 e. The number of hydrogen-bond donors (Lipinski definition) is 1. The van der Waals surface area contributed by atoms with Crippen LogP contribution in [0.5, 0.6) is 5.75 Å². The summed E-state index contributed by atoms with van der Waals surface area (Å²) < 4.78 is 11.1. The van der Waals surface area contributed by atoms with Gasteiger partial charge in [-0.3, -0.25) is 4.98 Å². The minimum atomic E-state index is 0.354. The Balaban J connectivity index is 1.88. The molecule has 0 bridgehead atoms. The Bertz CT molecular complexity index is 431. The SMILES string of the molecule is NCC#Cc1cncc(OCC2CCOCC2)c1. The summed E-state index contributed by atoms with van der Waals surface area (Å²) >= 11 is 0. The first-order valence-electron chi connectivity index (χ1n) is 6.23. The fraction of sp³-hybridized carbons (Fsp3) is 0.500. The van der Waals surface area contributed by atoms with E-state index in [1.54, 1.807) is 12.4 Å². The van der Waals surface area contributed by atoms with Crippen molar-refractivity contribution in [1.29, 1.82) is 0 Å². The van der Waals surface area contributed by atoms with Crippen molar-refractivity contribution < 1.29 is 9.47 Å². The first kappa shape index (κ1) is 12.9. The minimum absolute atomic E-state index is 0.354. The topological polar surface area (TPSA) is 57.4 Å². The van der Waals surface area contributed by atoms with E-state index in [1.807, 2.05) is 6.07 Å². The van der Waals surface area contributed by atoms with Crippen LogP contribution >= 0.6 is 0 Å².